The second kappa shape index (κ2) is 27.2. The van der Waals surface area contributed by atoms with Crippen LogP contribution in [0.25, 0.3) is 0 Å². The van der Waals surface area contributed by atoms with E-state index in [0.717, 1.165) is 57.8 Å². The van der Waals surface area contributed by atoms with Gasteiger partial charge in [0, 0.05) is 12.8 Å². The van der Waals surface area contributed by atoms with Crippen molar-refractivity contribution < 1.29 is 56.8 Å². The van der Waals surface area contributed by atoms with Gasteiger partial charge in [-0.15, -0.1) is 0 Å². The molecular weight excluding hydrogens is 644 g/mol. The van der Waals surface area contributed by atoms with Crippen LogP contribution < -0.4 is 0 Å². The molecule has 1 saturated heterocycles. The maximum absolute atomic E-state index is 12.6. The second-order valence-corrected chi connectivity index (χ2v) is 14.4. The molecule has 4 N–H and O–H groups in total. The fraction of sp³-hybridized carbons (Fsp3) is 0.886. The number of carbonyl (C=O) groups is 2. The number of allylic oxidation sites excluding steroid dienone is 2. The lowest BCUT2D eigenvalue weighted by atomic mass is 10.00. The van der Waals surface area contributed by atoms with Gasteiger partial charge in [-0.25, -0.2) is 0 Å². The number of carbonyl (C=O) groups excluding carboxylic acids is 2. The number of aliphatic hydroxyl groups is 3. The number of esters is 2. The Morgan fingerprint density at radius 1 is 0.688 bits per heavy atom. The van der Waals surface area contributed by atoms with Gasteiger partial charge in [-0.3, -0.25) is 14.1 Å². The SMILES string of the molecule is CCCC/C=C/CCCCCCCC(=O)OC[C@H](CO[C@H]1O[C@H](CS(=O)(=O)O)[C@@H](O)C(O)C1O)OC(=O)CCCCCCCCCCC. The standard InChI is InChI=1S/C35H64O12S/c1-3-5-7-9-11-13-14-16-17-19-21-23-30(36)44-25-28(46-31(37)24-22-20-18-15-12-10-8-6-4-2)26-45-35-34(40)33(39)32(38)29(47-35)27-48(41,42)43/h9,11,28-29,32-35,38-40H,3-8,10,12-27H2,1-2H3,(H,41,42,43)/b11-9+/t28-,29-,32-,33?,34?,35+/m1/s1. The minimum Gasteiger partial charge on any atom is -0.462 e. The molecule has 1 rings (SSSR count). The van der Waals surface area contributed by atoms with Crippen molar-refractivity contribution in [1.29, 1.82) is 0 Å². The first-order chi connectivity index (χ1) is 23.0. The van der Waals surface area contributed by atoms with Crippen molar-refractivity contribution >= 4 is 22.1 Å². The summed E-state index contributed by atoms with van der Waals surface area (Å²) in [5.41, 5.74) is 0. The van der Waals surface area contributed by atoms with Gasteiger partial charge in [0.25, 0.3) is 10.1 Å². The summed E-state index contributed by atoms with van der Waals surface area (Å²) in [6.07, 6.45) is 14.4. The Balaban J connectivity index is 2.56. The van der Waals surface area contributed by atoms with E-state index in [9.17, 15) is 37.9 Å². The predicted octanol–water partition coefficient (Wildman–Crippen LogP) is 5.55. The highest BCUT2D eigenvalue weighted by molar-refractivity contribution is 7.85. The van der Waals surface area contributed by atoms with E-state index in [2.05, 4.69) is 26.0 Å². The Morgan fingerprint density at radius 2 is 1.21 bits per heavy atom. The molecule has 0 amide bonds. The van der Waals surface area contributed by atoms with Gasteiger partial charge in [0.1, 0.15) is 36.8 Å². The summed E-state index contributed by atoms with van der Waals surface area (Å²) in [5.74, 6) is -2.00. The molecule has 6 atom stereocenters. The monoisotopic (exact) mass is 708 g/mol. The van der Waals surface area contributed by atoms with Gasteiger partial charge in [0.05, 0.1) is 6.61 Å². The summed E-state index contributed by atoms with van der Waals surface area (Å²) in [4.78, 5) is 25.1. The summed E-state index contributed by atoms with van der Waals surface area (Å²) >= 11 is 0. The van der Waals surface area contributed by atoms with Crippen molar-refractivity contribution in [3.05, 3.63) is 12.2 Å². The highest BCUT2D eigenvalue weighted by Gasteiger charge is 2.46. The van der Waals surface area contributed by atoms with E-state index < -0.39 is 71.2 Å². The Bertz CT molecular complexity index is 973. The second-order valence-electron chi connectivity index (χ2n) is 12.9. The lowest BCUT2D eigenvalue weighted by Crippen LogP contribution is -2.60. The van der Waals surface area contributed by atoms with Crippen molar-refractivity contribution in [2.24, 2.45) is 0 Å². The van der Waals surface area contributed by atoms with Crippen LogP contribution in [-0.2, 0) is 38.7 Å². The fourth-order valence-corrected chi connectivity index (χ4v) is 6.11. The topological polar surface area (TPSA) is 186 Å². The van der Waals surface area contributed by atoms with Crippen molar-refractivity contribution in [1.82, 2.24) is 0 Å². The molecule has 0 spiro atoms. The van der Waals surface area contributed by atoms with E-state index in [-0.39, 0.29) is 19.4 Å². The van der Waals surface area contributed by atoms with E-state index in [1.165, 1.54) is 44.9 Å². The average Bonchev–Trinajstić information content (AvgIpc) is 3.04. The molecule has 0 aromatic rings. The first-order valence-electron chi connectivity index (χ1n) is 18.2. The summed E-state index contributed by atoms with van der Waals surface area (Å²) in [6, 6.07) is 0. The summed E-state index contributed by atoms with van der Waals surface area (Å²) in [5, 5.41) is 30.6. The minimum atomic E-state index is -4.59. The molecule has 1 heterocycles. The maximum Gasteiger partial charge on any atom is 0.306 e. The molecule has 1 aliphatic heterocycles. The van der Waals surface area contributed by atoms with Crippen LogP contribution in [0.5, 0.6) is 0 Å². The third kappa shape index (κ3) is 22.2. The summed E-state index contributed by atoms with van der Waals surface area (Å²) in [6.45, 7) is 3.64. The molecule has 13 heteroatoms. The molecule has 282 valence electrons. The number of unbranched alkanes of at least 4 members (excludes halogenated alkanes) is 15. The number of hydrogen-bond acceptors (Lipinski definition) is 11. The van der Waals surface area contributed by atoms with E-state index >= 15 is 0 Å². The molecule has 2 unspecified atom stereocenters. The van der Waals surface area contributed by atoms with Crippen molar-refractivity contribution in [2.45, 2.75) is 179 Å². The zero-order valence-electron chi connectivity index (χ0n) is 29.3. The average molecular weight is 709 g/mol. The van der Waals surface area contributed by atoms with E-state index in [1.807, 2.05) is 0 Å². The minimum absolute atomic E-state index is 0.165. The zero-order valence-corrected chi connectivity index (χ0v) is 30.2. The quantitative estimate of drug-likeness (QED) is 0.0329. The van der Waals surface area contributed by atoms with Crippen LogP contribution in [0, 0.1) is 0 Å². The van der Waals surface area contributed by atoms with Gasteiger partial charge < -0.3 is 34.3 Å². The maximum atomic E-state index is 12.6. The van der Waals surface area contributed by atoms with Crippen LogP contribution in [0.1, 0.15) is 142 Å². The summed E-state index contributed by atoms with van der Waals surface area (Å²) < 4.78 is 53.6. The normalized spacial score (nSPS) is 22.2. The highest BCUT2D eigenvalue weighted by atomic mass is 32.2. The molecule has 1 aliphatic rings. The summed E-state index contributed by atoms with van der Waals surface area (Å²) in [7, 11) is -4.59. The third-order valence-electron chi connectivity index (χ3n) is 8.35. The number of hydrogen-bond donors (Lipinski definition) is 4. The Labute approximate surface area is 288 Å². The number of rotatable bonds is 29. The van der Waals surface area contributed by atoms with E-state index in [4.69, 9.17) is 18.9 Å². The molecule has 48 heavy (non-hydrogen) atoms. The van der Waals surface area contributed by atoms with Crippen molar-refractivity contribution in [3.8, 4) is 0 Å². The molecule has 0 saturated carbocycles. The van der Waals surface area contributed by atoms with Crippen LogP contribution in [0.4, 0.5) is 0 Å². The molecule has 12 nitrogen and oxygen atoms in total. The van der Waals surface area contributed by atoms with Gasteiger partial charge >= 0.3 is 11.9 Å². The van der Waals surface area contributed by atoms with E-state index in [1.54, 1.807) is 0 Å². The Hall–Kier alpha value is -1.61. The smallest absolute Gasteiger partial charge is 0.306 e. The molecule has 0 bridgehead atoms. The van der Waals surface area contributed by atoms with Crippen LogP contribution in [0.15, 0.2) is 12.2 Å². The van der Waals surface area contributed by atoms with Crippen LogP contribution in [-0.4, -0.2) is 96.0 Å². The molecule has 1 fully saturated rings. The molecule has 0 radical (unpaired) electrons. The largest absolute Gasteiger partial charge is 0.462 e. The first kappa shape index (κ1) is 44.4. The lowest BCUT2D eigenvalue weighted by molar-refractivity contribution is -0.297. The number of aliphatic hydroxyl groups excluding tert-OH is 3. The van der Waals surface area contributed by atoms with Crippen LogP contribution >= 0.6 is 0 Å². The predicted molar refractivity (Wildman–Crippen MR) is 183 cm³/mol. The van der Waals surface area contributed by atoms with Crippen molar-refractivity contribution in [3.63, 3.8) is 0 Å². The van der Waals surface area contributed by atoms with Crippen molar-refractivity contribution in [2.75, 3.05) is 19.0 Å². The van der Waals surface area contributed by atoms with Gasteiger partial charge in [-0.05, 0) is 32.1 Å². The molecule has 0 aliphatic carbocycles. The fourth-order valence-electron chi connectivity index (χ4n) is 5.42. The van der Waals surface area contributed by atoms with Crippen LogP contribution in [0.3, 0.4) is 0 Å². The number of ether oxygens (including phenoxy) is 4. The van der Waals surface area contributed by atoms with E-state index in [0.29, 0.717) is 12.8 Å². The lowest BCUT2D eigenvalue weighted by Gasteiger charge is -2.40. The Morgan fingerprint density at radius 3 is 1.79 bits per heavy atom. The zero-order chi connectivity index (χ0) is 35.6. The molecule has 0 aromatic carbocycles. The van der Waals surface area contributed by atoms with Gasteiger partial charge in [0.2, 0.25) is 0 Å². The highest BCUT2D eigenvalue weighted by Crippen LogP contribution is 2.24. The van der Waals surface area contributed by atoms with Gasteiger partial charge in [-0.2, -0.15) is 8.42 Å². The van der Waals surface area contributed by atoms with Gasteiger partial charge in [0.15, 0.2) is 12.4 Å². The first-order valence-corrected chi connectivity index (χ1v) is 19.9. The molecule has 0 aromatic heterocycles. The van der Waals surface area contributed by atoms with Gasteiger partial charge in [-0.1, -0.05) is 109 Å². The molecular formula is C35H64O12S. The Kier molecular flexibility index (Phi) is 25.1. The third-order valence-corrected chi connectivity index (χ3v) is 9.10. The van der Waals surface area contributed by atoms with Crippen LogP contribution in [0.2, 0.25) is 0 Å².